The van der Waals surface area contributed by atoms with Crippen molar-refractivity contribution in [1.82, 2.24) is 5.32 Å². The van der Waals surface area contributed by atoms with Crippen molar-refractivity contribution in [3.05, 3.63) is 11.3 Å². The third-order valence-corrected chi connectivity index (χ3v) is 2.27. The van der Waals surface area contributed by atoms with Gasteiger partial charge in [-0.05, 0) is 13.0 Å². The minimum absolute atomic E-state index is 0.109. The van der Waals surface area contributed by atoms with Crippen LogP contribution in [0.3, 0.4) is 0 Å². The summed E-state index contributed by atoms with van der Waals surface area (Å²) in [4.78, 5) is 0. The Bertz CT molecular complexity index is 251. The van der Waals surface area contributed by atoms with Gasteiger partial charge in [0.25, 0.3) is 0 Å². The van der Waals surface area contributed by atoms with Crippen LogP contribution in [0.1, 0.15) is 6.42 Å². The molecule has 1 heterocycles. The van der Waals surface area contributed by atoms with Crippen molar-refractivity contribution < 1.29 is 13.2 Å². The van der Waals surface area contributed by atoms with Crippen molar-refractivity contribution in [2.45, 2.75) is 12.6 Å². The van der Waals surface area contributed by atoms with Crippen LogP contribution in [0.5, 0.6) is 0 Å². The van der Waals surface area contributed by atoms with E-state index in [1.54, 1.807) is 0 Å². The highest BCUT2D eigenvalue weighted by atomic mass is 19.4. The zero-order chi connectivity index (χ0) is 10.8. The summed E-state index contributed by atoms with van der Waals surface area (Å²) in [6.45, 7) is 1.13. The predicted octanol–water partition coefficient (Wildman–Crippen LogP) is 1.02. The van der Waals surface area contributed by atoms with Gasteiger partial charge in [-0.2, -0.15) is 13.2 Å². The third kappa shape index (κ3) is 2.25. The lowest BCUT2D eigenvalue weighted by Crippen LogP contribution is -2.25. The smallest absolute Gasteiger partial charge is 0.394 e. The molecule has 0 aromatic carbocycles. The Morgan fingerprint density at radius 3 is 2.50 bits per heavy atom. The van der Waals surface area contributed by atoms with E-state index in [-0.39, 0.29) is 11.5 Å². The molecule has 4 N–H and O–H groups in total. The quantitative estimate of drug-likeness (QED) is 0.592. The molecule has 0 amide bonds. The van der Waals surface area contributed by atoms with E-state index in [1.165, 1.54) is 0 Å². The van der Waals surface area contributed by atoms with Crippen LogP contribution in [0.2, 0.25) is 0 Å². The first-order valence-corrected chi connectivity index (χ1v) is 4.25. The topological polar surface area (TPSA) is 61.9 Å². The number of rotatable bonds is 2. The van der Waals surface area contributed by atoms with Crippen molar-refractivity contribution in [3.8, 4) is 0 Å². The zero-order valence-corrected chi connectivity index (χ0v) is 7.49. The predicted molar refractivity (Wildman–Crippen MR) is 47.0 cm³/mol. The van der Waals surface area contributed by atoms with E-state index in [9.17, 15) is 13.2 Å². The van der Waals surface area contributed by atoms with Crippen LogP contribution in [0.15, 0.2) is 11.3 Å². The van der Waals surface area contributed by atoms with Gasteiger partial charge in [0.05, 0.1) is 0 Å². The molecule has 80 valence electrons. The van der Waals surface area contributed by atoms with Gasteiger partial charge in [0, 0.05) is 24.3 Å². The second kappa shape index (κ2) is 4.00. The maximum absolute atomic E-state index is 12.2. The summed E-state index contributed by atoms with van der Waals surface area (Å²) in [5.41, 5.74) is 3.71. The van der Waals surface area contributed by atoms with E-state index in [2.05, 4.69) is 5.32 Å². The molecule has 0 aromatic rings. The van der Waals surface area contributed by atoms with Crippen molar-refractivity contribution in [2.24, 2.45) is 11.7 Å². The van der Waals surface area contributed by atoms with Crippen LogP contribution in [-0.2, 0) is 0 Å². The fourth-order valence-corrected chi connectivity index (χ4v) is 1.50. The minimum atomic E-state index is -4.53. The van der Waals surface area contributed by atoms with Gasteiger partial charge < -0.3 is 16.5 Å². The Morgan fingerprint density at radius 1 is 1.50 bits per heavy atom. The second-order valence-electron chi connectivity index (χ2n) is 3.20. The molecule has 14 heavy (non-hydrogen) atoms. The molecule has 0 saturated carbocycles. The summed E-state index contributed by atoms with van der Waals surface area (Å²) in [5, 5.41) is 9.88. The molecule has 0 radical (unpaired) electrons. The average Bonchev–Trinajstić information content (AvgIpc) is 2.57. The van der Waals surface area contributed by atoms with E-state index >= 15 is 0 Å². The lowest BCUT2D eigenvalue weighted by atomic mass is 9.97. The lowest BCUT2D eigenvalue weighted by Gasteiger charge is -2.15. The number of nitrogens with two attached hydrogens (primary N) is 1. The first-order chi connectivity index (χ1) is 6.46. The van der Waals surface area contributed by atoms with Gasteiger partial charge >= 0.3 is 6.18 Å². The Hall–Kier alpha value is -1.04. The normalized spacial score (nSPS) is 24.6. The molecule has 1 rings (SSSR count). The average molecular weight is 207 g/mol. The van der Waals surface area contributed by atoms with E-state index in [0.29, 0.717) is 25.7 Å². The van der Waals surface area contributed by atoms with Gasteiger partial charge in [0.1, 0.15) is 5.70 Å². The molecule has 0 bridgehead atoms. The number of hydrogen-bond acceptors (Lipinski definition) is 3. The number of alkyl halides is 3. The van der Waals surface area contributed by atoms with Gasteiger partial charge in [-0.1, -0.05) is 0 Å². The fraction of sp³-hybridized carbons (Fsp3) is 0.625. The standard InChI is InChI=1S/C8H12F3N3/c9-8(10,11)7(13)6(3-12)5-1-2-14-4-5/h3,5,12,14H,1-2,4,13H2/b7-6+,12-3?. The summed E-state index contributed by atoms with van der Waals surface area (Å²) < 4.78 is 36.7. The molecule has 0 aromatic heterocycles. The van der Waals surface area contributed by atoms with Crippen molar-refractivity contribution in [3.63, 3.8) is 0 Å². The van der Waals surface area contributed by atoms with Crippen LogP contribution in [0, 0.1) is 11.3 Å². The highest BCUT2D eigenvalue weighted by Gasteiger charge is 2.36. The first kappa shape index (κ1) is 11.0. The molecule has 0 spiro atoms. The molecule has 0 aliphatic carbocycles. The fourth-order valence-electron chi connectivity index (χ4n) is 1.50. The summed E-state index contributed by atoms with van der Waals surface area (Å²) in [7, 11) is 0. The summed E-state index contributed by atoms with van der Waals surface area (Å²) in [6.07, 6.45) is -3.22. The molecular formula is C8H12F3N3. The van der Waals surface area contributed by atoms with E-state index in [4.69, 9.17) is 11.1 Å². The lowest BCUT2D eigenvalue weighted by molar-refractivity contribution is -0.0935. The molecular weight excluding hydrogens is 195 g/mol. The minimum Gasteiger partial charge on any atom is -0.394 e. The Morgan fingerprint density at radius 2 is 2.14 bits per heavy atom. The number of halogens is 3. The molecule has 1 fully saturated rings. The van der Waals surface area contributed by atoms with Crippen LogP contribution in [0.4, 0.5) is 13.2 Å². The largest absolute Gasteiger partial charge is 0.431 e. The molecule has 1 unspecified atom stereocenters. The van der Waals surface area contributed by atoms with Gasteiger partial charge in [-0.15, -0.1) is 0 Å². The summed E-state index contributed by atoms with van der Waals surface area (Å²) >= 11 is 0. The monoisotopic (exact) mass is 207 g/mol. The Kier molecular flexibility index (Phi) is 3.15. The van der Waals surface area contributed by atoms with E-state index in [0.717, 1.165) is 0 Å². The van der Waals surface area contributed by atoms with Gasteiger partial charge in [-0.25, -0.2) is 0 Å². The van der Waals surface area contributed by atoms with Crippen molar-refractivity contribution >= 4 is 6.21 Å². The molecule has 1 aliphatic rings. The van der Waals surface area contributed by atoms with Gasteiger partial charge in [0.2, 0.25) is 0 Å². The summed E-state index contributed by atoms with van der Waals surface area (Å²) in [5.74, 6) is -0.283. The molecule has 6 heteroatoms. The number of hydrogen-bond donors (Lipinski definition) is 3. The highest BCUT2D eigenvalue weighted by Crippen LogP contribution is 2.28. The Balaban J connectivity index is 2.93. The SMILES string of the molecule is N=C/C(=C(\N)C(F)(F)F)C1CCNC1. The van der Waals surface area contributed by atoms with Gasteiger partial charge in [-0.3, -0.25) is 0 Å². The molecule has 1 aliphatic heterocycles. The highest BCUT2D eigenvalue weighted by molar-refractivity contribution is 5.78. The van der Waals surface area contributed by atoms with Crippen molar-refractivity contribution in [1.29, 1.82) is 5.41 Å². The number of allylic oxidation sites excluding steroid dienone is 1. The maximum Gasteiger partial charge on any atom is 0.431 e. The van der Waals surface area contributed by atoms with Crippen LogP contribution in [-0.4, -0.2) is 25.5 Å². The van der Waals surface area contributed by atoms with E-state index < -0.39 is 11.9 Å². The second-order valence-corrected chi connectivity index (χ2v) is 3.20. The van der Waals surface area contributed by atoms with Crippen LogP contribution >= 0.6 is 0 Å². The van der Waals surface area contributed by atoms with Crippen LogP contribution < -0.4 is 11.1 Å². The third-order valence-electron chi connectivity index (χ3n) is 2.27. The molecule has 1 saturated heterocycles. The molecule has 3 nitrogen and oxygen atoms in total. The molecule has 1 atom stereocenters. The summed E-state index contributed by atoms with van der Waals surface area (Å²) in [6, 6.07) is 0. The zero-order valence-electron chi connectivity index (χ0n) is 7.49. The van der Waals surface area contributed by atoms with Crippen LogP contribution in [0.25, 0.3) is 0 Å². The van der Waals surface area contributed by atoms with Gasteiger partial charge in [0.15, 0.2) is 0 Å². The maximum atomic E-state index is 12.2. The van der Waals surface area contributed by atoms with Crippen molar-refractivity contribution in [2.75, 3.05) is 13.1 Å². The number of nitrogens with one attached hydrogen (secondary N) is 2. The first-order valence-electron chi connectivity index (χ1n) is 4.25. The Labute approximate surface area is 79.7 Å². The van der Waals surface area contributed by atoms with E-state index in [1.807, 2.05) is 0 Å².